The molecule has 0 saturated carbocycles. The molecule has 1 aromatic carbocycles. The molecule has 2 rings (SSSR count). The second-order valence-corrected chi connectivity index (χ2v) is 5.12. The van der Waals surface area contributed by atoms with E-state index in [1.165, 1.54) is 5.56 Å². The van der Waals surface area contributed by atoms with Crippen LogP contribution in [0.3, 0.4) is 0 Å². The minimum atomic E-state index is -0.755. The summed E-state index contributed by atoms with van der Waals surface area (Å²) in [4.78, 5) is 10.4. The first kappa shape index (κ1) is 15.9. The van der Waals surface area contributed by atoms with E-state index in [0.717, 1.165) is 18.6 Å². The number of aryl methyl sites for hydroxylation is 2. The molecular formula is C15H20N4O3. The van der Waals surface area contributed by atoms with Crippen LogP contribution in [-0.4, -0.2) is 31.3 Å². The molecule has 0 unspecified atom stereocenters. The number of hydrogen-bond acceptors (Lipinski definition) is 5. The van der Waals surface area contributed by atoms with E-state index in [-0.39, 0.29) is 6.42 Å². The van der Waals surface area contributed by atoms with Crippen molar-refractivity contribution in [2.45, 2.75) is 45.8 Å². The summed E-state index contributed by atoms with van der Waals surface area (Å²) >= 11 is 0. The quantitative estimate of drug-likeness (QED) is 0.714. The van der Waals surface area contributed by atoms with Crippen molar-refractivity contribution in [3.05, 3.63) is 35.7 Å². The number of rotatable bonds is 9. The molecule has 0 aliphatic heterocycles. The minimum Gasteiger partial charge on any atom is -0.486 e. The summed E-state index contributed by atoms with van der Waals surface area (Å²) in [5.41, 5.74) is 1.18. The van der Waals surface area contributed by atoms with Crippen molar-refractivity contribution in [1.82, 2.24) is 20.2 Å². The molecule has 0 bridgehead atoms. The molecule has 0 radical (unpaired) electrons. The van der Waals surface area contributed by atoms with Crippen molar-refractivity contribution < 1.29 is 14.6 Å². The number of tetrazole rings is 1. The van der Waals surface area contributed by atoms with Crippen LogP contribution in [-0.2, 0) is 17.9 Å². The molecule has 0 saturated heterocycles. The molecular weight excluding hydrogens is 284 g/mol. The largest absolute Gasteiger partial charge is 0.486 e. The molecule has 0 amide bonds. The van der Waals surface area contributed by atoms with Crippen LogP contribution in [0.2, 0.25) is 0 Å². The minimum absolute atomic E-state index is 0.207. The summed E-state index contributed by atoms with van der Waals surface area (Å²) in [6.07, 6.45) is 2.56. The van der Waals surface area contributed by atoms with E-state index in [4.69, 9.17) is 9.84 Å². The van der Waals surface area contributed by atoms with Gasteiger partial charge in [-0.3, -0.25) is 4.79 Å². The normalized spacial score (nSPS) is 10.6. The number of hydrogen-bond donors (Lipinski definition) is 1. The summed E-state index contributed by atoms with van der Waals surface area (Å²) in [5, 5.41) is 20.1. The van der Waals surface area contributed by atoms with Gasteiger partial charge in [-0.05, 0) is 42.3 Å². The Hall–Kier alpha value is -2.44. The highest BCUT2D eigenvalue weighted by Crippen LogP contribution is 2.13. The second-order valence-electron chi connectivity index (χ2n) is 5.12. The van der Waals surface area contributed by atoms with Gasteiger partial charge in [0.05, 0.1) is 0 Å². The van der Waals surface area contributed by atoms with E-state index in [2.05, 4.69) is 15.5 Å². The standard InChI is InChI=1S/C15H20N4O3/c1-12-6-8-13(9-7-12)22-11-14-16-17-18-19(14)10-4-2-3-5-15(20)21/h6-9H,2-5,10-11H2,1H3,(H,20,21). The van der Waals surface area contributed by atoms with Gasteiger partial charge in [0.2, 0.25) is 0 Å². The van der Waals surface area contributed by atoms with Crippen molar-refractivity contribution in [1.29, 1.82) is 0 Å². The molecule has 118 valence electrons. The van der Waals surface area contributed by atoms with Gasteiger partial charge in [0, 0.05) is 13.0 Å². The highest BCUT2D eigenvalue weighted by atomic mass is 16.5. The van der Waals surface area contributed by atoms with Crippen LogP contribution in [0.5, 0.6) is 5.75 Å². The third-order valence-electron chi connectivity index (χ3n) is 3.26. The van der Waals surface area contributed by atoms with Crippen molar-refractivity contribution >= 4 is 5.97 Å². The third kappa shape index (κ3) is 5.16. The molecule has 22 heavy (non-hydrogen) atoms. The van der Waals surface area contributed by atoms with Crippen LogP contribution in [0.4, 0.5) is 0 Å². The number of ether oxygens (including phenoxy) is 1. The number of unbranched alkanes of at least 4 members (excludes halogenated alkanes) is 2. The Balaban J connectivity index is 1.77. The fourth-order valence-corrected chi connectivity index (χ4v) is 2.00. The fourth-order valence-electron chi connectivity index (χ4n) is 2.00. The Morgan fingerprint density at radius 1 is 1.23 bits per heavy atom. The third-order valence-corrected chi connectivity index (χ3v) is 3.26. The predicted octanol–water partition coefficient (Wildman–Crippen LogP) is 2.21. The van der Waals surface area contributed by atoms with Crippen molar-refractivity contribution in [2.75, 3.05) is 0 Å². The van der Waals surface area contributed by atoms with Gasteiger partial charge in [0.15, 0.2) is 5.82 Å². The first-order chi connectivity index (χ1) is 10.6. The van der Waals surface area contributed by atoms with Gasteiger partial charge in [-0.15, -0.1) is 5.10 Å². The van der Waals surface area contributed by atoms with Gasteiger partial charge < -0.3 is 9.84 Å². The zero-order chi connectivity index (χ0) is 15.8. The number of aromatic nitrogens is 4. The average Bonchev–Trinajstić information content (AvgIpc) is 2.93. The maximum absolute atomic E-state index is 10.4. The molecule has 1 heterocycles. The topological polar surface area (TPSA) is 90.1 Å². The lowest BCUT2D eigenvalue weighted by atomic mass is 10.2. The van der Waals surface area contributed by atoms with Crippen LogP contribution in [0.15, 0.2) is 24.3 Å². The lowest BCUT2D eigenvalue weighted by molar-refractivity contribution is -0.137. The average molecular weight is 304 g/mol. The van der Waals surface area contributed by atoms with Gasteiger partial charge in [0.1, 0.15) is 12.4 Å². The van der Waals surface area contributed by atoms with Gasteiger partial charge >= 0.3 is 5.97 Å². The van der Waals surface area contributed by atoms with E-state index in [1.807, 2.05) is 31.2 Å². The van der Waals surface area contributed by atoms with Crippen LogP contribution in [0.25, 0.3) is 0 Å². The summed E-state index contributed by atoms with van der Waals surface area (Å²) in [5.74, 6) is 0.690. The van der Waals surface area contributed by atoms with Crippen LogP contribution < -0.4 is 4.74 Å². The van der Waals surface area contributed by atoms with Gasteiger partial charge in [-0.1, -0.05) is 24.1 Å². The first-order valence-electron chi connectivity index (χ1n) is 7.31. The fraction of sp³-hybridized carbons (Fsp3) is 0.467. The van der Waals surface area contributed by atoms with E-state index in [0.29, 0.717) is 25.4 Å². The Bertz CT molecular complexity index is 595. The number of benzene rings is 1. The maximum Gasteiger partial charge on any atom is 0.303 e. The van der Waals surface area contributed by atoms with Crippen LogP contribution in [0.1, 0.15) is 37.1 Å². The van der Waals surface area contributed by atoms with Crippen molar-refractivity contribution in [3.8, 4) is 5.75 Å². The highest BCUT2D eigenvalue weighted by molar-refractivity contribution is 5.66. The molecule has 0 fully saturated rings. The second kappa shape index (κ2) is 8.11. The zero-order valence-corrected chi connectivity index (χ0v) is 12.6. The molecule has 0 aliphatic carbocycles. The van der Waals surface area contributed by atoms with E-state index >= 15 is 0 Å². The summed E-state index contributed by atoms with van der Waals surface area (Å²) in [6.45, 7) is 3.00. The SMILES string of the molecule is Cc1ccc(OCc2nnnn2CCCCCC(=O)O)cc1. The number of nitrogens with zero attached hydrogens (tertiary/aromatic N) is 4. The summed E-state index contributed by atoms with van der Waals surface area (Å²) in [7, 11) is 0. The molecule has 2 aromatic rings. The predicted molar refractivity (Wildman–Crippen MR) is 79.4 cm³/mol. The molecule has 7 nitrogen and oxygen atoms in total. The molecule has 0 atom stereocenters. The van der Waals surface area contributed by atoms with Crippen LogP contribution >= 0.6 is 0 Å². The van der Waals surface area contributed by atoms with Crippen LogP contribution in [0, 0.1) is 6.92 Å². The number of aliphatic carboxylic acids is 1. The van der Waals surface area contributed by atoms with E-state index in [1.54, 1.807) is 4.68 Å². The maximum atomic E-state index is 10.4. The van der Waals surface area contributed by atoms with Crippen molar-refractivity contribution in [3.63, 3.8) is 0 Å². The zero-order valence-electron chi connectivity index (χ0n) is 12.6. The monoisotopic (exact) mass is 304 g/mol. The number of carbonyl (C=O) groups is 1. The highest BCUT2D eigenvalue weighted by Gasteiger charge is 2.07. The van der Waals surface area contributed by atoms with E-state index in [9.17, 15) is 4.79 Å². The Labute approximate surface area is 128 Å². The number of carboxylic acid groups (broad SMARTS) is 1. The first-order valence-corrected chi connectivity index (χ1v) is 7.31. The molecule has 0 aliphatic rings. The molecule has 1 aromatic heterocycles. The van der Waals surface area contributed by atoms with E-state index < -0.39 is 5.97 Å². The van der Waals surface area contributed by atoms with Gasteiger partial charge in [0.25, 0.3) is 0 Å². The number of carboxylic acids is 1. The summed E-state index contributed by atoms with van der Waals surface area (Å²) < 4.78 is 7.37. The lowest BCUT2D eigenvalue weighted by Gasteiger charge is -2.07. The van der Waals surface area contributed by atoms with Gasteiger partial charge in [-0.25, -0.2) is 4.68 Å². The Kier molecular flexibility index (Phi) is 5.88. The molecule has 1 N–H and O–H groups in total. The smallest absolute Gasteiger partial charge is 0.303 e. The van der Waals surface area contributed by atoms with Crippen molar-refractivity contribution in [2.24, 2.45) is 0 Å². The molecule has 0 spiro atoms. The lowest BCUT2D eigenvalue weighted by Crippen LogP contribution is -2.09. The molecule has 7 heteroatoms. The Morgan fingerprint density at radius 3 is 2.73 bits per heavy atom. The van der Waals surface area contributed by atoms with Gasteiger partial charge in [-0.2, -0.15) is 0 Å². The summed E-state index contributed by atoms with van der Waals surface area (Å²) in [6, 6.07) is 7.80. The Morgan fingerprint density at radius 2 is 2.00 bits per heavy atom.